The molecule has 0 unspecified atom stereocenters. The standard InChI is InChI=1S/C17H16BrN3S/c1-12(2)15-11-21-17(18)8-16(15)22-14(9-19)10-20-13-6-4-3-5-7-13/h3-8,10-12,20H,1-2H3/b14-10+. The summed E-state index contributed by atoms with van der Waals surface area (Å²) in [5.41, 5.74) is 2.09. The van der Waals surface area contributed by atoms with Crippen LogP contribution in [-0.2, 0) is 0 Å². The van der Waals surface area contributed by atoms with Crippen molar-refractivity contribution in [1.82, 2.24) is 4.98 Å². The van der Waals surface area contributed by atoms with E-state index in [4.69, 9.17) is 0 Å². The molecule has 0 bridgehead atoms. The number of anilines is 1. The number of allylic oxidation sites excluding steroid dienone is 1. The van der Waals surface area contributed by atoms with Crippen LogP contribution in [0.2, 0.25) is 0 Å². The second-order valence-corrected chi connectivity index (χ2v) is 6.83. The highest BCUT2D eigenvalue weighted by molar-refractivity contribution is 9.10. The molecule has 0 saturated carbocycles. The number of nitriles is 1. The lowest BCUT2D eigenvalue weighted by atomic mass is 10.1. The van der Waals surface area contributed by atoms with E-state index in [9.17, 15) is 5.26 Å². The van der Waals surface area contributed by atoms with Gasteiger partial charge in [0.05, 0.1) is 0 Å². The van der Waals surface area contributed by atoms with Gasteiger partial charge < -0.3 is 5.32 Å². The van der Waals surface area contributed by atoms with Crippen LogP contribution in [0.15, 0.2) is 63.2 Å². The molecule has 0 atom stereocenters. The second kappa shape index (κ2) is 8.02. The van der Waals surface area contributed by atoms with Crippen LogP contribution in [0.3, 0.4) is 0 Å². The van der Waals surface area contributed by atoms with Gasteiger partial charge in [0.2, 0.25) is 0 Å². The normalized spacial score (nSPS) is 11.3. The molecule has 1 aromatic carbocycles. The lowest BCUT2D eigenvalue weighted by molar-refractivity contribution is 0.830. The van der Waals surface area contributed by atoms with Crippen molar-refractivity contribution in [3.8, 4) is 6.07 Å². The molecule has 1 aromatic heterocycles. The van der Waals surface area contributed by atoms with Gasteiger partial charge in [-0.2, -0.15) is 5.26 Å². The summed E-state index contributed by atoms with van der Waals surface area (Å²) in [5.74, 6) is 0.352. The number of hydrogen-bond acceptors (Lipinski definition) is 4. The van der Waals surface area contributed by atoms with Gasteiger partial charge in [-0.05, 0) is 45.6 Å². The molecule has 2 aromatic rings. The summed E-state index contributed by atoms with van der Waals surface area (Å²) in [6.45, 7) is 4.24. The number of nitrogens with one attached hydrogen (secondary N) is 1. The predicted octanol–water partition coefficient (Wildman–Crippen LogP) is 5.54. The fraction of sp³-hybridized carbons (Fsp3) is 0.176. The van der Waals surface area contributed by atoms with Gasteiger partial charge >= 0.3 is 0 Å². The van der Waals surface area contributed by atoms with E-state index in [2.05, 4.69) is 46.1 Å². The average Bonchev–Trinajstić information content (AvgIpc) is 2.52. The number of pyridine rings is 1. The minimum atomic E-state index is 0.352. The third-order valence-electron chi connectivity index (χ3n) is 2.96. The Labute approximate surface area is 143 Å². The fourth-order valence-electron chi connectivity index (χ4n) is 1.83. The van der Waals surface area contributed by atoms with E-state index in [1.165, 1.54) is 11.8 Å². The number of aromatic nitrogens is 1. The van der Waals surface area contributed by atoms with E-state index < -0.39 is 0 Å². The number of benzene rings is 1. The molecule has 0 aliphatic carbocycles. The Morgan fingerprint density at radius 3 is 2.73 bits per heavy atom. The summed E-state index contributed by atoms with van der Waals surface area (Å²) in [6, 6.07) is 14.0. The lowest BCUT2D eigenvalue weighted by Gasteiger charge is -2.11. The third-order valence-corrected chi connectivity index (χ3v) is 4.39. The third kappa shape index (κ3) is 4.62. The number of thioether (sulfide) groups is 1. The molecule has 1 heterocycles. The Morgan fingerprint density at radius 2 is 2.09 bits per heavy atom. The van der Waals surface area contributed by atoms with E-state index in [0.717, 1.165) is 20.7 Å². The molecule has 3 nitrogen and oxygen atoms in total. The van der Waals surface area contributed by atoms with Crippen LogP contribution in [0.25, 0.3) is 0 Å². The fourth-order valence-corrected chi connectivity index (χ4v) is 3.29. The first-order valence-electron chi connectivity index (χ1n) is 6.85. The Balaban J connectivity index is 2.20. The molecule has 5 heteroatoms. The monoisotopic (exact) mass is 373 g/mol. The van der Waals surface area contributed by atoms with Crippen LogP contribution >= 0.6 is 27.7 Å². The summed E-state index contributed by atoms with van der Waals surface area (Å²) in [5, 5.41) is 12.5. The summed E-state index contributed by atoms with van der Waals surface area (Å²) in [7, 11) is 0. The molecule has 22 heavy (non-hydrogen) atoms. The van der Waals surface area contributed by atoms with Gasteiger partial charge in [-0.25, -0.2) is 4.98 Å². The molecular weight excluding hydrogens is 358 g/mol. The van der Waals surface area contributed by atoms with E-state index in [1.54, 1.807) is 6.20 Å². The number of nitrogens with zero attached hydrogens (tertiary/aromatic N) is 2. The average molecular weight is 374 g/mol. The molecule has 2 rings (SSSR count). The largest absolute Gasteiger partial charge is 0.360 e. The SMILES string of the molecule is CC(C)c1cnc(Br)cc1S/C(C#N)=C/Nc1ccccc1. The molecule has 112 valence electrons. The molecule has 0 amide bonds. The molecule has 0 saturated heterocycles. The molecule has 1 N–H and O–H groups in total. The molecule has 0 aliphatic rings. The zero-order chi connectivity index (χ0) is 15.9. The second-order valence-electron chi connectivity index (χ2n) is 4.93. The number of para-hydroxylation sites is 1. The highest BCUT2D eigenvalue weighted by Gasteiger charge is 2.11. The summed E-state index contributed by atoms with van der Waals surface area (Å²) in [4.78, 5) is 5.92. The van der Waals surface area contributed by atoms with Gasteiger partial charge in [0, 0.05) is 23.0 Å². The van der Waals surface area contributed by atoms with Crippen LogP contribution < -0.4 is 5.32 Å². The maximum atomic E-state index is 9.36. The zero-order valence-electron chi connectivity index (χ0n) is 12.4. The van der Waals surface area contributed by atoms with Crippen molar-refractivity contribution in [2.75, 3.05) is 5.32 Å². The predicted molar refractivity (Wildman–Crippen MR) is 95.6 cm³/mol. The minimum absolute atomic E-state index is 0.352. The Kier molecular flexibility index (Phi) is 6.05. The van der Waals surface area contributed by atoms with Crippen molar-refractivity contribution in [2.45, 2.75) is 24.7 Å². The van der Waals surface area contributed by atoms with Crippen molar-refractivity contribution in [3.63, 3.8) is 0 Å². The van der Waals surface area contributed by atoms with Crippen molar-refractivity contribution in [1.29, 1.82) is 5.26 Å². The van der Waals surface area contributed by atoms with Gasteiger partial charge in [-0.3, -0.25) is 0 Å². The van der Waals surface area contributed by atoms with Gasteiger partial charge in [0.25, 0.3) is 0 Å². The molecule has 0 fully saturated rings. The van der Waals surface area contributed by atoms with Crippen LogP contribution in [0.1, 0.15) is 25.3 Å². The van der Waals surface area contributed by atoms with E-state index in [-0.39, 0.29) is 0 Å². The van der Waals surface area contributed by atoms with Crippen LogP contribution in [0.4, 0.5) is 5.69 Å². The molecular formula is C17H16BrN3S. The van der Waals surface area contributed by atoms with Crippen molar-refractivity contribution in [3.05, 3.63) is 63.9 Å². The van der Waals surface area contributed by atoms with Gasteiger partial charge in [-0.1, -0.05) is 43.8 Å². The Morgan fingerprint density at radius 1 is 1.36 bits per heavy atom. The highest BCUT2D eigenvalue weighted by Crippen LogP contribution is 2.34. The first-order chi connectivity index (χ1) is 10.6. The van der Waals surface area contributed by atoms with Crippen molar-refractivity contribution in [2.24, 2.45) is 0 Å². The smallest absolute Gasteiger partial charge is 0.108 e. The number of halogens is 1. The van der Waals surface area contributed by atoms with Gasteiger partial charge in [0.15, 0.2) is 0 Å². The molecule has 0 radical (unpaired) electrons. The maximum absolute atomic E-state index is 9.36. The van der Waals surface area contributed by atoms with E-state index in [1.807, 2.05) is 42.6 Å². The summed E-state index contributed by atoms with van der Waals surface area (Å²) < 4.78 is 0.771. The van der Waals surface area contributed by atoms with Crippen molar-refractivity contribution >= 4 is 33.4 Å². The van der Waals surface area contributed by atoms with Gasteiger partial charge in [-0.15, -0.1) is 0 Å². The number of hydrogen-bond donors (Lipinski definition) is 1. The quantitative estimate of drug-likeness (QED) is 0.424. The van der Waals surface area contributed by atoms with E-state index >= 15 is 0 Å². The Hall–Kier alpha value is -1.77. The first kappa shape index (κ1) is 16.6. The summed E-state index contributed by atoms with van der Waals surface area (Å²) in [6.07, 6.45) is 3.59. The first-order valence-corrected chi connectivity index (χ1v) is 8.46. The lowest BCUT2D eigenvalue weighted by Crippen LogP contribution is -1.94. The Bertz CT molecular complexity index is 706. The van der Waals surface area contributed by atoms with Crippen LogP contribution in [-0.4, -0.2) is 4.98 Å². The van der Waals surface area contributed by atoms with Crippen LogP contribution in [0.5, 0.6) is 0 Å². The molecule has 0 spiro atoms. The van der Waals surface area contributed by atoms with Crippen molar-refractivity contribution < 1.29 is 0 Å². The number of rotatable bonds is 5. The minimum Gasteiger partial charge on any atom is -0.360 e. The van der Waals surface area contributed by atoms with E-state index in [0.29, 0.717) is 10.8 Å². The topological polar surface area (TPSA) is 48.7 Å². The maximum Gasteiger partial charge on any atom is 0.108 e. The van der Waals surface area contributed by atoms with Gasteiger partial charge in [0.1, 0.15) is 15.6 Å². The molecule has 0 aliphatic heterocycles. The zero-order valence-corrected chi connectivity index (χ0v) is 14.8. The summed E-state index contributed by atoms with van der Waals surface area (Å²) >= 11 is 4.84. The highest BCUT2D eigenvalue weighted by atomic mass is 79.9. The van der Waals surface area contributed by atoms with Crippen LogP contribution in [0, 0.1) is 11.3 Å².